The van der Waals surface area contributed by atoms with Gasteiger partial charge in [0.2, 0.25) is 0 Å². The van der Waals surface area contributed by atoms with E-state index in [0.717, 1.165) is 5.56 Å². The summed E-state index contributed by atoms with van der Waals surface area (Å²) >= 11 is 0. The first kappa shape index (κ1) is 12.7. The van der Waals surface area contributed by atoms with Crippen molar-refractivity contribution in [1.29, 1.82) is 0 Å². The van der Waals surface area contributed by atoms with Gasteiger partial charge in [-0.1, -0.05) is 26.8 Å². The van der Waals surface area contributed by atoms with Crippen LogP contribution in [-0.4, -0.2) is 29.6 Å². The first-order chi connectivity index (χ1) is 7.45. The fourth-order valence-corrected chi connectivity index (χ4v) is 1.34. The van der Waals surface area contributed by atoms with Crippen LogP contribution in [0.25, 0.3) is 0 Å². The standard InChI is InChI=1S/C13H19NO2/c1-13(2,3)11-5-4-10(12(16)8-11)9-14-6-7-15/h4-5,8-9,15-16H,6-7H2,1-3H3. The van der Waals surface area contributed by atoms with E-state index in [-0.39, 0.29) is 17.8 Å². The molecule has 0 aromatic heterocycles. The van der Waals surface area contributed by atoms with E-state index in [0.29, 0.717) is 12.1 Å². The highest BCUT2D eigenvalue weighted by Gasteiger charge is 2.14. The van der Waals surface area contributed by atoms with Crippen LogP contribution in [0.4, 0.5) is 0 Å². The van der Waals surface area contributed by atoms with Gasteiger partial charge < -0.3 is 10.2 Å². The van der Waals surface area contributed by atoms with Gasteiger partial charge in [0, 0.05) is 11.8 Å². The monoisotopic (exact) mass is 221 g/mol. The molecule has 0 saturated heterocycles. The summed E-state index contributed by atoms with van der Waals surface area (Å²) in [6.07, 6.45) is 1.58. The summed E-state index contributed by atoms with van der Waals surface area (Å²) in [5.74, 6) is 0.231. The average Bonchev–Trinajstić information content (AvgIpc) is 2.19. The van der Waals surface area contributed by atoms with Crippen LogP contribution in [0.5, 0.6) is 5.75 Å². The lowest BCUT2D eigenvalue weighted by Crippen LogP contribution is -2.10. The van der Waals surface area contributed by atoms with Crippen LogP contribution in [0, 0.1) is 0 Å². The number of hydrogen-bond donors (Lipinski definition) is 2. The zero-order valence-corrected chi connectivity index (χ0v) is 10.1. The molecule has 0 radical (unpaired) electrons. The van der Waals surface area contributed by atoms with Gasteiger partial charge in [0.25, 0.3) is 0 Å². The molecular formula is C13H19NO2. The summed E-state index contributed by atoms with van der Waals surface area (Å²) in [5, 5.41) is 18.4. The Morgan fingerprint density at radius 1 is 1.31 bits per heavy atom. The lowest BCUT2D eigenvalue weighted by Gasteiger charge is -2.19. The first-order valence-corrected chi connectivity index (χ1v) is 5.39. The number of benzene rings is 1. The van der Waals surface area contributed by atoms with Gasteiger partial charge in [-0.15, -0.1) is 0 Å². The van der Waals surface area contributed by atoms with Gasteiger partial charge >= 0.3 is 0 Å². The molecule has 1 aromatic rings. The van der Waals surface area contributed by atoms with Crippen molar-refractivity contribution < 1.29 is 10.2 Å². The smallest absolute Gasteiger partial charge is 0.124 e. The van der Waals surface area contributed by atoms with E-state index in [1.807, 2.05) is 12.1 Å². The van der Waals surface area contributed by atoms with Crippen molar-refractivity contribution >= 4 is 6.21 Å². The second kappa shape index (κ2) is 5.12. The number of aromatic hydroxyl groups is 1. The molecule has 1 aromatic carbocycles. The Morgan fingerprint density at radius 3 is 2.50 bits per heavy atom. The van der Waals surface area contributed by atoms with E-state index in [2.05, 4.69) is 25.8 Å². The van der Waals surface area contributed by atoms with Crippen LogP contribution in [0.2, 0.25) is 0 Å². The lowest BCUT2D eigenvalue weighted by atomic mass is 9.86. The topological polar surface area (TPSA) is 52.8 Å². The van der Waals surface area contributed by atoms with Gasteiger partial charge in [-0.3, -0.25) is 4.99 Å². The summed E-state index contributed by atoms with van der Waals surface area (Å²) in [4.78, 5) is 3.98. The third-order valence-electron chi connectivity index (χ3n) is 2.36. The molecule has 0 amide bonds. The van der Waals surface area contributed by atoms with Crippen molar-refractivity contribution in [2.24, 2.45) is 4.99 Å². The molecule has 0 saturated carbocycles. The number of aliphatic hydroxyl groups excluding tert-OH is 1. The molecular weight excluding hydrogens is 202 g/mol. The molecule has 0 aliphatic carbocycles. The van der Waals surface area contributed by atoms with Crippen LogP contribution in [0.15, 0.2) is 23.2 Å². The van der Waals surface area contributed by atoms with Gasteiger partial charge in [-0.25, -0.2) is 0 Å². The summed E-state index contributed by atoms with van der Waals surface area (Å²) in [6, 6.07) is 5.59. The minimum atomic E-state index is 0.0251. The molecule has 2 N–H and O–H groups in total. The molecule has 0 heterocycles. The number of aliphatic imine (C=N–C) groups is 1. The SMILES string of the molecule is CC(C)(C)c1ccc(C=NCCO)c(O)c1. The highest BCUT2D eigenvalue weighted by atomic mass is 16.3. The summed E-state index contributed by atoms with van der Waals surface area (Å²) < 4.78 is 0. The van der Waals surface area contributed by atoms with Crippen LogP contribution in [0.3, 0.4) is 0 Å². The minimum absolute atomic E-state index is 0.0251. The quantitative estimate of drug-likeness (QED) is 0.768. The van der Waals surface area contributed by atoms with Crippen molar-refractivity contribution in [2.75, 3.05) is 13.2 Å². The number of phenolic OH excluding ortho intramolecular Hbond substituents is 1. The zero-order chi connectivity index (χ0) is 12.2. The van der Waals surface area contributed by atoms with Gasteiger partial charge in [-0.05, 0) is 23.1 Å². The molecule has 3 nitrogen and oxygen atoms in total. The number of nitrogens with zero attached hydrogens (tertiary/aromatic N) is 1. The van der Waals surface area contributed by atoms with Crippen molar-refractivity contribution in [3.8, 4) is 5.75 Å². The Kier molecular flexibility index (Phi) is 4.07. The minimum Gasteiger partial charge on any atom is -0.507 e. The molecule has 0 fully saturated rings. The predicted octanol–water partition coefficient (Wildman–Crippen LogP) is 2.10. The summed E-state index contributed by atoms with van der Waals surface area (Å²) in [6.45, 7) is 6.68. The highest BCUT2D eigenvalue weighted by Crippen LogP contribution is 2.27. The molecule has 88 valence electrons. The number of rotatable bonds is 3. The Hall–Kier alpha value is -1.35. The molecule has 16 heavy (non-hydrogen) atoms. The summed E-state index contributed by atoms with van der Waals surface area (Å²) in [7, 11) is 0. The van der Waals surface area contributed by atoms with E-state index in [1.165, 1.54) is 0 Å². The van der Waals surface area contributed by atoms with Gasteiger partial charge in [-0.2, -0.15) is 0 Å². The van der Waals surface area contributed by atoms with E-state index in [9.17, 15) is 5.11 Å². The largest absolute Gasteiger partial charge is 0.507 e. The molecule has 0 aliphatic heterocycles. The van der Waals surface area contributed by atoms with Crippen molar-refractivity contribution in [2.45, 2.75) is 26.2 Å². The molecule has 0 unspecified atom stereocenters. The lowest BCUT2D eigenvalue weighted by molar-refractivity contribution is 0.307. The third-order valence-corrected chi connectivity index (χ3v) is 2.36. The van der Waals surface area contributed by atoms with Gasteiger partial charge in [0.05, 0.1) is 13.2 Å². The fraction of sp³-hybridized carbons (Fsp3) is 0.462. The molecule has 0 bridgehead atoms. The van der Waals surface area contributed by atoms with E-state index in [1.54, 1.807) is 12.3 Å². The van der Waals surface area contributed by atoms with Gasteiger partial charge in [0.15, 0.2) is 0 Å². The number of phenols is 1. The third kappa shape index (κ3) is 3.35. The molecule has 0 atom stereocenters. The molecule has 0 spiro atoms. The Bertz CT molecular complexity index is 378. The number of aliphatic hydroxyl groups is 1. The second-order valence-electron chi connectivity index (χ2n) is 4.78. The maximum Gasteiger partial charge on any atom is 0.124 e. The van der Waals surface area contributed by atoms with Crippen molar-refractivity contribution in [3.05, 3.63) is 29.3 Å². The normalized spacial score (nSPS) is 12.2. The predicted molar refractivity (Wildman–Crippen MR) is 66.4 cm³/mol. The summed E-state index contributed by atoms with van der Waals surface area (Å²) in [5.41, 5.74) is 1.80. The zero-order valence-electron chi connectivity index (χ0n) is 10.1. The van der Waals surface area contributed by atoms with Crippen LogP contribution in [-0.2, 0) is 5.41 Å². The Balaban J connectivity index is 2.92. The Morgan fingerprint density at radius 2 is 2.00 bits per heavy atom. The fourth-order valence-electron chi connectivity index (χ4n) is 1.34. The highest BCUT2D eigenvalue weighted by molar-refractivity contribution is 5.83. The maximum absolute atomic E-state index is 9.80. The first-order valence-electron chi connectivity index (χ1n) is 5.39. The van der Waals surface area contributed by atoms with Crippen molar-refractivity contribution in [3.63, 3.8) is 0 Å². The average molecular weight is 221 g/mol. The van der Waals surface area contributed by atoms with Crippen LogP contribution >= 0.6 is 0 Å². The maximum atomic E-state index is 9.80. The molecule has 0 aliphatic rings. The van der Waals surface area contributed by atoms with Crippen LogP contribution < -0.4 is 0 Å². The van der Waals surface area contributed by atoms with E-state index in [4.69, 9.17) is 5.11 Å². The molecule has 1 rings (SSSR count). The van der Waals surface area contributed by atoms with Crippen molar-refractivity contribution in [1.82, 2.24) is 0 Å². The van der Waals surface area contributed by atoms with Gasteiger partial charge in [0.1, 0.15) is 5.75 Å². The van der Waals surface area contributed by atoms with E-state index >= 15 is 0 Å². The van der Waals surface area contributed by atoms with E-state index < -0.39 is 0 Å². The molecule has 3 heteroatoms. The van der Waals surface area contributed by atoms with Crippen LogP contribution in [0.1, 0.15) is 31.9 Å². The Labute approximate surface area is 96.5 Å². The second-order valence-corrected chi connectivity index (χ2v) is 4.78. The number of hydrogen-bond acceptors (Lipinski definition) is 3.